The molecule has 1 aliphatic rings. The fourth-order valence-electron chi connectivity index (χ4n) is 2.63. The Morgan fingerprint density at radius 2 is 2.05 bits per heavy atom. The minimum Gasteiger partial charge on any atom is -0.357 e. The summed E-state index contributed by atoms with van der Waals surface area (Å²) in [5.41, 5.74) is 0.740. The molecule has 0 saturated carbocycles. The highest BCUT2D eigenvalue weighted by Crippen LogP contribution is 2.16. The van der Waals surface area contributed by atoms with Gasteiger partial charge in [0.05, 0.1) is 0 Å². The summed E-state index contributed by atoms with van der Waals surface area (Å²) < 4.78 is 13.6. The van der Waals surface area contributed by atoms with E-state index in [0.29, 0.717) is 13.0 Å². The van der Waals surface area contributed by atoms with Crippen molar-refractivity contribution in [3.63, 3.8) is 0 Å². The van der Waals surface area contributed by atoms with Gasteiger partial charge in [0, 0.05) is 26.2 Å². The summed E-state index contributed by atoms with van der Waals surface area (Å²) in [7, 11) is 0. The van der Waals surface area contributed by atoms with Gasteiger partial charge >= 0.3 is 0 Å². The number of aliphatic imine (C=N–C) groups is 1. The number of likely N-dealkylation sites (tertiary alicyclic amines) is 1. The standard InChI is InChI=1S/C17H26FN3/c1-3-19-17(21-12-9-14(2)10-13-21)20-11-8-15-6-4-5-7-16(15)18/h4-7,14H,3,8-13H2,1-2H3,(H,19,20). The molecule has 116 valence electrons. The number of guanidine groups is 1. The molecule has 2 rings (SSSR count). The van der Waals surface area contributed by atoms with E-state index in [4.69, 9.17) is 0 Å². The lowest BCUT2D eigenvalue weighted by molar-refractivity contribution is 0.273. The number of benzene rings is 1. The van der Waals surface area contributed by atoms with E-state index < -0.39 is 0 Å². The van der Waals surface area contributed by atoms with Crippen LogP contribution in [0.4, 0.5) is 4.39 Å². The van der Waals surface area contributed by atoms with Gasteiger partial charge in [-0.2, -0.15) is 0 Å². The molecule has 0 bridgehead atoms. The molecule has 1 fully saturated rings. The Bertz CT molecular complexity index is 465. The highest BCUT2D eigenvalue weighted by molar-refractivity contribution is 5.80. The Morgan fingerprint density at radius 3 is 2.71 bits per heavy atom. The summed E-state index contributed by atoms with van der Waals surface area (Å²) in [6.45, 7) is 8.00. The van der Waals surface area contributed by atoms with Crippen molar-refractivity contribution in [1.29, 1.82) is 0 Å². The van der Waals surface area contributed by atoms with E-state index in [2.05, 4.69) is 29.1 Å². The van der Waals surface area contributed by atoms with E-state index in [-0.39, 0.29) is 5.82 Å². The van der Waals surface area contributed by atoms with Crippen LogP contribution in [0.1, 0.15) is 32.3 Å². The monoisotopic (exact) mass is 291 g/mol. The molecule has 0 aromatic heterocycles. The number of nitrogens with zero attached hydrogens (tertiary/aromatic N) is 2. The van der Waals surface area contributed by atoms with Crippen LogP contribution in [0.2, 0.25) is 0 Å². The summed E-state index contributed by atoms with van der Waals surface area (Å²) in [6, 6.07) is 6.94. The quantitative estimate of drug-likeness (QED) is 0.682. The number of halogens is 1. The minimum absolute atomic E-state index is 0.135. The molecule has 21 heavy (non-hydrogen) atoms. The summed E-state index contributed by atoms with van der Waals surface area (Å²) in [4.78, 5) is 6.99. The van der Waals surface area contributed by atoms with Gasteiger partial charge in [-0.3, -0.25) is 4.99 Å². The first-order valence-corrected chi connectivity index (χ1v) is 7.97. The third-order valence-electron chi connectivity index (χ3n) is 4.02. The first kappa shape index (κ1) is 15.8. The average molecular weight is 291 g/mol. The minimum atomic E-state index is -0.135. The second kappa shape index (κ2) is 8.01. The van der Waals surface area contributed by atoms with Gasteiger partial charge in [0.1, 0.15) is 5.82 Å². The van der Waals surface area contributed by atoms with Crippen LogP contribution in [0.15, 0.2) is 29.3 Å². The van der Waals surface area contributed by atoms with Crippen LogP contribution < -0.4 is 5.32 Å². The maximum absolute atomic E-state index is 13.6. The lowest BCUT2D eigenvalue weighted by Crippen LogP contribution is -2.45. The highest BCUT2D eigenvalue weighted by Gasteiger charge is 2.18. The SMILES string of the molecule is CCNC(=NCCc1ccccc1F)N1CCC(C)CC1. The van der Waals surface area contributed by atoms with Crippen LogP contribution >= 0.6 is 0 Å². The molecule has 0 amide bonds. The molecular formula is C17H26FN3. The number of hydrogen-bond donors (Lipinski definition) is 1. The molecule has 1 heterocycles. The lowest BCUT2D eigenvalue weighted by Gasteiger charge is -2.33. The Balaban J connectivity index is 1.93. The highest BCUT2D eigenvalue weighted by atomic mass is 19.1. The van der Waals surface area contributed by atoms with Crippen molar-refractivity contribution in [3.05, 3.63) is 35.6 Å². The van der Waals surface area contributed by atoms with Gasteiger partial charge in [-0.15, -0.1) is 0 Å². The summed E-state index contributed by atoms with van der Waals surface area (Å²) in [5.74, 6) is 1.65. The van der Waals surface area contributed by atoms with E-state index in [9.17, 15) is 4.39 Å². The van der Waals surface area contributed by atoms with Gasteiger partial charge in [-0.25, -0.2) is 4.39 Å². The van der Waals surface area contributed by atoms with Gasteiger partial charge in [0.2, 0.25) is 0 Å². The zero-order chi connectivity index (χ0) is 15.1. The van der Waals surface area contributed by atoms with Crippen LogP contribution in [0.3, 0.4) is 0 Å². The Labute approximate surface area is 127 Å². The molecule has 0 atom stereocenters. The molecule has 4 heteroatoms. The van der Waals surface area contributed by atoms with Crippen LogP contribution in [-0.4, -0.2) is 37.0 Å². The van der Waals surface area contributed by atoms with E-state index in [1.165, 1.54) is 18.9 Å². The zero-order valence-corrected chi connectivity index (χ0v) is 13.1. The summed E-state index contributed by atoms with van der Waals surface area (Å²) in [5, 5.41) is 3.35. The van der Waals surface area contributed by atoms with E-state index in [0.717, 1.165) is 37.1 Å². The van der Waals surface area contributed by atoms with Crippen LogP contribution in [0.25, 0.3) is 0 Å². The third kappa shape index (κ3) is 4.73. The van der Waals surface area contributed by atoms with Gasteiger partial charge in [0.25, 0.3) is 0 Å². The second-order valence-corrected chi connectivity index (χ2v) is 5.75. The molecule has 1 saturated heterocycles. The molecule has 1 aromatic rings. The van der Waals surface area contributed by atoms with Crippen molar-refractivity contribution in [3.8, 4) is 0 Å². The molecule has 0 unspecified atom stereocenters. The van der Waals surface area contributed by atoms with Crippen LogP contribution in [-0.2, 0) is 6.42 Å². The van der Waals surface area contributed by atoms with Crippen molar-refractivity contribution in [2.24, 2.45) is 10.9 Å². The first-order valence-electron chi connectivity index (χ1n) is 7.97. The predicted molar refractivity (Wildman–Crippen MR) is 86.1 cm³/mol. The lowest BCUT2D eigenvalue weighted by atomic mass is 10.00. The first-order chi connectivity index (χ1) is 10.2. The van der Waals surface area contributed by atoms with Crippen molar-refractivity contribution in [2.75, 3.05) is 26.2 Å². The van der Waals surface area contributed by atoms with E-state index in [1.54, 1.807) is 6.07 Å². The summed E-state index contributed by atoms with van der Waals surface area (Å²) >= 11 is 0. The Hall–Kier alpha value is -1.58. The van der Waals surface area contributed by atoms with Gasteiger partial charge in [-0.05, 0) is 43.7 Å². The number of rotatable bonds is 4. The zero-order valence-electron chi connectivity index (χ0n) is 13.1. The second-order valence-electron chi connectivity index (χ2n) is 5.75. The van der Waals surface area contributed by atoms with Crippen LogP contribution in [0, 0.1) is 11.7 Å². The molecule has 0 spiro atoms. The smallest absolute Gasteiger partial charge is 0.193 e. The van der Waals surface area contributed by atoms with E-state index >= 15 is 0 Å². The maximum atomic E-state index is 13.6. The van der Waals surface area contributed by atoms with Crippen molar-refractivity contribution in [1.82, 2.24) is 10.2 Å². The van der Waals surface area contributed by atoms with Gasteiger partial charge in [0.15, 0.2) is 5.96 Å². The molecule has 0 aliphatic carbocycles. The number of hydrogen-bond acceptors (Lipinski definition) is 1. The normalized spacial score (nSPS) is 17.1. The van der Waals surface area contributed by atoms with Crippen molar-refractivity contribution < 1.29 is 4.39 Å². The van der Waals surface area contributed by atoms with Gasteiger partial charge in [-0.1, -0.05) is 25.1 Å². The predicted octanol–water partition coefficient (Wildman–Crippen LogP) is 3.07. The molecule has 0 radical (unpaired) electrons. The fraction of sp³-hybridized carbons (Fsp3) is 0.588. The molecule has 1 aliphatic heterocycles. The van der Waals surface area contributed by atoms with Gasteiger partial charge < -0.3 is 10.2 Å². The maximum Gasteiger partial charge on any atom is 0.193 e. The van der Waals surface area contributed by atoms with Crippen molar-refractivity contribution >= 4 is 5.96 Å². The Morgan fingerprint density at radius 1 is 1.33 bits per heavy atom. The third-order valence-corrected chi connectivity index (χ3v) is 4.02. The number of piperidine rings is 1. The van der Waals surface area contributed by atoms with Crippen molar-refractivity contribution in [2.45, 2.75) is 33.1 Å². The number of nitrogens with one attached hydrogen (secondary N) is 1. The largest absolute Gasteiger partial charge is 0.357 e. The Kier molecular flexibility index (Phi) is 6.03. The summed E-state index contributed by atoms with van der Waals surface area (Å²) in [6.07, 6.45) is 3.08. The van der Waals surface area contributed by atoms with E-state index in [1.807, 2.05) is 12.1 Å². The molecule has 1 aromatic carbocycles. The van der Waals surface area contributed by atoms with Crippen LogP contribution in [0.5, 0.6) is 0 Å². The fourth-order valence-corrected chi connectivity index (χ4v) is 2.63. The average Bonchev–Trinajstić information content (AvgIpc) is 2.49. The molecule has 3 nitrogen and oxygen atoms in total. The molecule has 1 N–H and O–H groups in total. The molecular weight excluding hydrogens is 265 g/mol. The topological polar surface area (TPSA) is 27.6 Å².